The Hall–Kier alpha value is -1.24. The molecule has 0 radical (unpaired) electrons. The lowest BCUT2D eigenvalue weighted by atomic mass is 10.2. The fraction of sp³-hybridized carbons (Fsp3) is 0.182. The molecule has 1 aromatic carbocycles. The third-order valence-corrected chi connectivity index (χ3v) is 3.92. The summed E-state index contributed by atoms with van der Waals surface area (Å²) < 4.78 is 0. The molecule has 1 fully saturated rings. The van der Waals surface area contributed by atoms with Gasteiger partial charge in [-0.05, 0) is 18.2 Å². The van der Waals surface area contributed by atoms with Crippen molar-refractivity contribution in [2.24, 2.45) is 0 Å². The zero-order valence-electron chi connectivity index (χ0n) is 9.50. The van der Waals surface area contributed by atoms with Gasteiger partial charge in [-0.15, -0.1) is 0 Å². The van der Waals surface area contributed by atoms with Crippen LogP contribution in [0.15, 0.2) is 18.2 Å². The lowest BCUT2D eigenvalue weighted by Crippen LogP contribution is -2.27. The van der Waals surface area contributed by atoms with Gasteiger partial charge in [0.15, 0.2) is 5.17 Å². The van der Waals surface area contributed by atoms with Crippen molar-refractivity contribution in [3.63, 3.8) is 0 Å². The SMILES string of the molecule is N=C1NC(=O)C(CC(=O)Nc2ccc(Cl)cc2Cl)S1. The smallest absolute Gasteiger partial charge is 0.240 e. The fourth-order valence-corrected chi connectivity index (χ4v) is 2.81. The molecule has 1 aliphatic heterocycles. The van der Waals surface area contributed by atoms with E-state index in [1.165, 1.54) is 6.07 Å². The van der Waals surface area contributed by atoms with Crippen LogP contribution in [0.4, 0.5) is 5.69 Å². The second-order valence-electron chi connectivity index (χ2n) is 3.80. The van der Waals surface area contributed by atoms with Crippen LogP contribution in [-0.4, -0.2) is 22.2 Å². The van der Waals surface area contributed by atoms with E-state index in [0.29, 0.717) is 15.7 Å². The summed E-state index contributed by atoms with van der Waals surface area (Å²) in [5.74, 6) is -0.668. The molecule has 0 saturated carbocycles. The molecule has 8 heteroatoms. The van der Waals surface area contributed by atoms with Crippen LogP contribution in [-0.2, 0) is 9.59 Å². The van der Waals surface area contributed by atoms with Gasteiger partial charge in [-0.1, -0.05) is 35.0 Å². The number of carbonyl (C=O) groups excluding carboxylic acids is 2. The minimum absolute atomic E-state index is 0.0160. The maximum absolute atomic E-state index is 11.8. The maximum Gasteiger partial charge on any atom is 0.240 e. The van der Waals surface area contributed by atoms with E-state index in [1.54, 1.807) is 12.1 Å². The van der Waals surface area contributed by atoms with E-state index in [4.69, 9.17) is 28.6 Å². The Balaban J connectivity index is 1.98. The zero-order valence-corrected chi connectivity index (χ0v) is 11.8. The average molecular weight is 318 g/mol. The molecule has 1 unspecified atom stereocenters. The molecule has 2 rings (SSSR count). The number of rotatable bonds is 3. The van der Waals surface area contributed by atoms with Gasteiger partial charge in [-0.2, -0.15) is 0 Å². The van der Waals surface area contributed by atoms with Gasteiger partial charge in [-0.25, -0.2) is 0 Å². The molecule has 0 aromatic heterocycles. The summed E-state index contributed by atoms with van der Waals surface area (Å²) in [5.41, 5.74) is 0.439. The van der Waals surface area contributed by atoms with E-state index in [-0.39, 0.29) is 23.4 Å². The Morgan fingerprint density at radius 2 is 2.21 bits per heavy atom. The molecule has 0 spiro atoms. The van der Waals surface area contributed by atoms with Crippen LogP contribution in [0.1, 0.15) is 6.42 Å². The number of anilines is 1. The normalized spacial score (nSPS) is 18.3. The largest absolute Gasteiger partial charge is 0.325 e. The van der Waals surface area contributed by atoms with Gasteiger partial charge in [0.05, 0.1) is 10.7 Å². The Morgan fingerprint density at radius 3 is 2.79 bits per heavy atom. The first-order valence-electron chi connectivity index (χ1n) is 5.26. The Bertz CT molecular complexity index is 565. The van der Waals surface area contributed by atoms with Crippen LogP contribution in [0.2, 0.25) is 10.0 Å². The van der Waals surface area contributed by atoms with Crippen LogP contribution in [0.25, 0.3) is 0 Å². The third-order valence-electron chi connectivity index (χ3n) is 2.37. The molecule has 19 heavy (non-hydrogen) atoms. The first kappa shape index (κ1) is 14.2. The average Bonchev–Trinajstić information content (AvgIpc) is 2.61. The Labute approximate surface area is 123 Å². The minimum Gasteiger partial charge on any atom is -0.325 e. The number of benzene rings is 1. The lowest BCUT2D eigenvalue weighted by molar-refractivity contribution is -0.122. The van der Waals surface area contributed by atoms with Crippen molar-refractivity contribution in [3.8, 4) is 0 Å². The number of amides is 2. The summed E-state index contributed by atoms with van der Waals surface area (Å²) in [6.45, 7) is 0. The monoisotopic (exact) mass is 317 g/mol. The molecular formula is C11H9Cl2N3O2S. The van der Waals surface area contributed by atoms with Crippen LogP contribution < -0.4 is 10.6 Å². The Kier molecular flexibility index (Phi) is 4.34. The van der Waals surface area contributed by atoms with Gasteiger partial charge in [-0.3, -0.25) is 15.0 Å². The predicted octanol–water partition coefficient (Wildman–Crippen LogP) is 2.49. The summed E-state index contributed by atoms with van der Waals surface area (Å²) in [5, 5.41) is 12.5. The summed E-state index contributed by atoms with van der Waals surface area (Å²) in [4.78, 5) is 23.2. The molecule has 1 saturated heterocycles. The van der Waals surface area contributed by atoms with Crippen molar-refractivity contribution in [2.45, 2.75) is 11.7 Å². The summed E-state index contributed by atoms with van der Waals surface area (Å²) in [6, 6.07) is 4.72. The van der Waals surface area contributed by atoms with Crippen LogP contribution in [0, 0.1) is 5.41 Å². The highest BCUT2D eigenvalue weighted by molar-refractivity contribution is 8.15. The van der Waals surface area contributed by atoms with Gasteiger partial charge in [0.2, 0.25) is 11.8 Å². The molecule has 1 aliphatic rings. The summed E-state index contributed by atoms with van der Waals surface area (Å²) in [6.07, 6.45) is -0.0160. The van der Waals surface area contributed by atoms with Crippen molar-refractivity contribution in [1.29, 1.82) is 5.41 Å². The van der Waals surface area contributed by atoms with E-state index >= 15 is 0 Å². The molecule has 1 aromatic rings. The molecule has 2 amide bonds. The van der Waals surface area contributed by atoms with Crippen LogP contribution >= 0.6 is 35.0 Å². The first-order valence-corrected chi connectivity index (χ1v) is 6.90. The molecular weight excluding hydrogens is 309 g/mol. The fourth-order valence-electron chi connectivity index (χ4n) is 1.51. The molecule has 5 nitrogen and oxygen atoms in total. The molecule has 3 N–H and O–H groups in total. The van der Waals surface area contributed by atoms with Gasteiger partial charge >= 0.3 is 0 Å². The van der Waals surface area contributed by atoms with Crippen molar-refractivity contribution in [1.82, 2.24) is 5.32 Å². The Morgan fingerprint density at radius 1 is 1.47 bits per heavy atom. The number of carbonyl (C=O) groups is 2. The number of amidine groups is 1. The highest BCUT2D eigenvalue weighted by atomic mass is 35.5. The van der Waals surface area contributed by atoms with Gasteiger partial charge < -0.3 is 10.6 Å². The zero-order chi connectivity index (χ0) is 14.0. The van der Waals surface area contributed by atoms with Gasteiger partial charge in [0.25, 0.3) is 0 Å². The quantitative estimate of drug-likeness (QED) is 0.801. The second-order valence-corrected chi connectivity index (χ2v) is 5.86. The number of halogens is 2. The van der Waals surface area contributed by atoms with Crippen molar-refractivity contribution in [2.75, 3.05) is 5.32 Å². The van der Waals surface area contributed by atoms with E-state index in [1.807, 2.05) is 0 Å². The summed E-state index contributed by atoms with van der Waals surface area (Å²) >= 11 is 12.7. The van der Waals surface area contributed by atoms with Crippen LogP contribution in [0.3, 0.4) is 0 Å². The van der Waals surface area contributed by atoms with Crippen molar-refractivity contribution >= 4 is 57.6 Å². The third kappa shape index (κ3) is 3.62. The predicted molar refractivity (Wildman–Crippen MR) is 77.0 cm³/mol. The van der Waals surface area contributed by atoms with E-state index in [9.17, 15) is 9.59 Å². The number of nitrogens with one attached hydrogen (secondary N) is 3. The summed E-state index contributed by atoms with van der Waals surface area (Å²) in [7, 11) is 0. The number of thioether (sulfide) groups is 1. The van der Waals surface area contributed by atoms with Gasteiger partial charge in [0.1, 0.15) is 5.25 Å². The molecule has 1 atom stereocenters. The topological polar surface area (TPSA) is 82.1 Å². The van der Waals surface area contributed by atoms with Crippen LogP contribution in [0.5, 0.6) is 0 Å². The van der Waals surface area contributed by atoms with E-state index in [0.717, 1.165) is 11.8 Å². The van der Waals surface area contributed by atoms with Crippen molar-refractivity contribution in [3.05, 3.63) is 28.2 Å². The number of hydrogen-bond acceptors (Lipinski definition) is 4. The number of hydrogen-bond donors (Lipinski definition) is 3. The maximum atomic E-state index is 11.8. The molecule has 0 aliphatic carbocycles. The van der Waals surface area contributed by atoms with Gasteiger partial charge in [0, 0.05) is 11.4 Å². The highest BCUT2D eigenvalue weighted by Gasteiger charge is 2.31. The molecule has 100 valence electrons. The molecule has 1 heterocycles. The standard InChI is InChI=1S/C11H9Cl2N3O2S/c12-5-1-2-7(6(13)3-5)15-9(17)4-8-10(18)16-11(14)19-8/h1-3,8H,4H2,(H,15,17)(H2,14,16,18). The molecule has 0 bridgehead atoms. The minimum atomic E-state index is -0.571. The lowest BCUT2D eigenvalue weighted by Gasteiger charge is -2.09. The second kappa shape index (κ2) is 5.81. The highest BCUT2D eigenvalue weighted by Crippen LogP contribution is 2.26. The first-order chi connectivity index (χ1) is 8.95. The van der Waals surface area contributed by atoms with E-state index in [2.05, 4.69) is 10.6 Å². The van der Waals surface area contributed by atoms with E-state index < -0.39 is 5.25 Å². The van der Waals surface area contributed by atoms with Crippen molar-refractivity contribution < 1.29 is 9.59 Å².